The van der Waals surface area contributed by atoms with Gasteiger partial charge in [-0.05, 0) is 19.3 Å². The van der Waals surface area contributed by atoms with Crippen LogP contribution in [-0.4, -0.2) is 23.1 Å². The van der Waals surface area contributed by atoms with Crippen LogP contribution in [0.3, 0.4) is 0 Å². The fourth-order valence-corrected chi connectivity index (χ4v) is 1.84. The van der Waals surface area contributed by atoms with Gasteiger partial charge in [-0.2, -0.15) is 0 Å². The molecule has 4 heteroatoms. The highest BCUT2D eigenvalue weighted by molar-refractivity contribution is 5.88. The van der Waals surface area contributed by atoms with Gasteiger partial charge in [-0.25, -0.2) is 0 Å². The van der Waals surface area contributed by atoms with Gasteiger partial charge in [-0.1, -0.05) is 13.8 Å². The zero-order valence-corrected chi connectivity index (χ0v) is 8.90. The smallest absolute Gasteiger partial charge is 0.310 e. The molecule has 1 fully saturated rings. The van der Waals surface area contributed by atoms with Crippen molar-refractivity contribution in [1.82, 2.24) is 0 Å². The third kappa shape index (κ3) is 1.74. The lowest BCUT2D eigenvalue weighted by Crippen LogP contribution is -2.16. The minimum Gasteiger partial charge on any atom is -0.481 e. The Hall–Kier alpha value is -1.06. The summed E-state index contributed by atoms with van der Waals surface area (Å²) in [4.78, 5) is 22.2. The molecule has 0 heterocycles. The summed E-state index contributed by atoms with van der Waals surface area (Å²) in [6.45, 7) is 7.06. The number of aliphatic carboxylic acids is 1. The van der Waals surface area contributed by atoms with E-state index in [2.05, 4.69) is 0 Å². The molecule has 0 amide bonds. The zero-order chi connectivity index (χ0) is 11.1. The Kier molecular flexibility index (Phi) is 2.56. The van der Waals surface area contributed by atoms with E-state index in [-0.39, 0.29) is 6.10 Å². The lowest BCUT2D eigenvalue weighted by atomic mass is 10.1. The fourth-order valence-electron chi connectivity index (χ4n) is 1.84. The number of hydrogen-bond donors (Lipinski definition) is 1. The SMILES string of the molecule is CC(C)OC(=O)C1C(C(=O)O)C1(C)C. The monoisotopic (exact) mass is 200 g/mol. The first kappa shape index (κ1) is 11.0. The van der Waals surface area contributed by atoms with Gasteiger partial charge in [0.05, 0.1) is 17.9 Å². The lowest BCUT2D eigenvalue weighted by Gasteiger charge is -2.07. The Morgan fingerprint density at radius 2 is 1.79 bits per heavy atom. The Labute approximate surface area is 83.2 Å². The highest BCUT2D eigenvalue weighted by atomic mass is 16.5. The molecule has 1 aliphatic rings. The van der Waals surface area contributed by atoms with Gasteiger partial charge in [0.25, 0.3) is 0 Å². The van der Waals surface area contributed by atoms with Crippen LogP contribution in [0.25, 0.3) is 0 Å². The largest absolute Gasteiger partial charge is 0.481 e. The van der Waals surface area contributed by atoms with E-state index in [0.717, 1.165) is 0 Å². The van der Waals surface area contributed by atoms with Crippen LogP contribution < -0.4 is 0 Å². The summed E-state index contributed by atoms with van der Waals surface area (Å²) in [5, 5.41) is 8.83. The van der Waals surface area contributed by atoms with Gasteiger partial charge >= 0.3 is 11.9 Å². The van der Waals surface area contributed by atoms with Crippen molar-refractivity contribution in [2.45, 2.75) is 33.8 Å². The van der Waals surface area contributed by atoms with E-state index in [1.54, 1.807) is 27.7 Å². The molecule has 1 rings (SSSR count). The molecule has 0 aliphatic heterocycles. The Bertz CT molecular complexity index is 267. The molecule has 1 saturated carbocycles. The van der Waals surface area contributed by atoms with Crippen LogP contribution in [0, 0.1) is 17.3 Å². The molecule has 14 heavy (non-hydrogen) atoms. The lowest BCUT2D eigenvalue weighted by molar-refractivity contribution is -0.152. The number of esters is 1. The Morgan fingerprint density at radius 1 is 1.29 bits per heavy atom. The number of ether oxygens (including phenoxy) is 1. The minimum absolute atomic E-state index is 0.187. The van der Waals surface area contributed by atoms with Gasteiger partial charge in [0.1, 0.15) is 0 Å². The third-order valence-corrected chi connectivity index (χ3v) is 2.70. The van der Waals surface area contributed by atoms with Crippen LogP contribution in [0.5, 0.6) is 0 Å². The second-order valence-corrected chi connectivity index (χ2v) is 4.60. The topological polar surface area (TPSA) is 63.6 Å². The van der Waals surface area contributed by atoms with Gasteiger partial charge in [-0.15, -0.1) is 0 Å². The maximum Gasteiger partial charge on any atom is 0.310 e. The number of carboxylic acid groups (broad SMARTS) is 1. The van der Waals surface area contributed by atoms with E-state index < -0.39 is 29.2 Å². The summed E-state index contributed by atoms with van der Waals surface area (Å²) in [6, 6.07) is 0. The Morgan fingerprint density at radius 3 is 2.07 bits per heavy atom. The van der Waals surface area contributed by atoms with E-state index in [9.17, 15) is 9.59 Å². The van der Waals surface area contributed by atoms with E-state index in [0.29, 0.717) is 0 Å². The average molecular weight is 200 g/mol. The molecule has 1 aliphatic carbocycles. The van der Waals surface area contributed by atoms with Crippen LogP contribution >= 0.6 is 0 Å². The first-order valence-electron chi connectivity index (χ1n) is 4.71. The van der Waals surface area contributed by atoms with Crippen molar-refractivity contribution in [3.05, 3.63) is 0 Å². The van der Waals surface area contributed by atoms with Gasteiger partial charge in [0.15, 0.2) is 0 Å². The van der Waals surface area contributed by atoms with Crippen molar-refractivity contribution >= 4 is 11.9 Å². The summed E-state index contributed by atoms with van der Waals surface area (Å²) >= 11 is 0. The number of carbonyl (C=O) groups is 2. The maximum absolute atomic E-state index is 11.5. The summed E-state index contributed by atoms with van der Waals surface area (Å²) in [6.07, 6.45) is -0.187. The van der Waals surface area contributed by atoms with E-state index >= 15 is 0 Å². The number of rotatable bonds is 3. The number of carbonyl (C=O) groups excluding carboxylic acids is 1. The standard InChI is InChI=1S/C10H16O4/c1-5(2)14-9(13)7-6(8(11)12)10(7,3)4/h5-7H,1-4H3,(H,11,12). The van der Waals surface area contributed by atoms with Crippen LogP contribution in [0.2, 0.25) is 0 Å². The minimum atomic E-state index is -0.916. The highest BCUT2D eigenvalue weighted by Gasteiger charge is 2.66. The van der Waals surface area contributed by atoms with E-state index in [1.165, 1.54) is 0 Å². The normalized spacial score (nSPS) is 28.6. The molecule has 0 radical (unpaired) electrons. The average Bonchev–Trinajstić information content (AvgIpc) is 2.51. The van der Waals surface area contributed by atoms with Crippen LogP contribution in [-0.2, 0) is 14.3 Å². The van der Waals surface area contributed by atoms with Crippen LogP contribution in [0.15, 0.2) is 0 Å². The molecule has 0 aromatic heterocycles. The Balaban J connectivity index is 2.64. The first-order chi connectivity index (χ1) is 6.28. The van der Waals surface area contributed by atoms with Gasteiger partial charge in [0.2, 0.25) is 0 Å². The van der Waals surface area contributed by atoms with Gasteiger partial charge in [-0.3, -0.25) is 9.59 Å². The number of carboxylic acids is 1. The maximum atomic E-state index is 11.5. The predicted octanol–water partition coefficient (Wildman–Crippen LogP) is 1.29. The first-order valence-corrected chi connectivity index (χ1v) is 4.71. The molecular formula is C10H16O4. The molecule has 0 aromatic rings. The highest BCUT2D eigenvalue weighted by Crippen LogP contribution is 2.58. The molecule has 0 aromatic carbocycles. The summed E-state index contributed by atoms with van der Waals surface area (Å²) < 4.78 is 4.99. The molecular weight excluding hydrogens is 184 g/mol. The van der Waals surface area contributed by atoms with Crippen molar-refractivity contribution in [2.75, 3.05) is 0 Å². The summed E-state index contributed by atoms with van der Waals surface area (Å²) in [5.41, 5.74) is -0.461. The molecule has 2 atom stereocenters. The number of hydrogen-bond acceptors (Lipinski definition) is 3. The van der Waals surface area contributed by atoms with E-state index in [1.807, 2.05) is 0 Å². The molecule has 0 spiro atoms. The fraction of sp³-hybridized carbons (Fsp3) is 0.800. The van der Waals surface area contributed by atoms with Crippen molar-refractivity contribution < 1.29 is 19.4 Å². The van der Waals surface area contributed by atoms with Crippen LogP contribution in [0.4, 0.5) is 0 Å². The van der Waals surface area contributed by atoms with Crippen molar-refractivity contribution in [2.24, 2.45) is 17.3 Å². The van der Waals surface area contributed by atoms with Crippen LogP contribution in [0.1, 0.15) is 27.7 Å². The van der Waals surface area contributed by atoms with Crippen molar-refractivity contribution in [3.8, 4) is 0 Å². The second kappa shape index (κ2) is 3.26. The molecule has 1 N–H and O–H groups in total. The van der Waals surface area contributed by atoms with Gasteiger partial charge in [0, 0.05) is 0 Å². The molecule has 4 nitrogen and oxygen atoms in total. The molecule has 2 unspecified atom stereocenters. The summed E-state index contributed by atoms with van der Waals surface area (Å²) in [7, 11) is 0. The zero-order valence-electron chi connectivity index (χ0n) is 8.90. The molecule has 80 valence electrons. The second-order valence-electron chi connectivity index (χ2n) is 4.60. The molecule has 0 saturated heterocycles. The predicted molar refractivity (Wildman–Crippen MR) is 49.6 cm³/mol. The van der Waals surface area contributed by atoms with Crippen molar-refractivity contribution in [1.29, 1.82) is 0 Å². The van der Waals surface area contributed by atoms with Crippen molar-refractivity contribution in [3.63, 3.8) is 0 Å². The quantitative estimate of drug-likeness (QED) is 0.697. The van der Waals surface area contributed by atoms with E-state index in [4.69, 9.17) is 9.84 Å². The third-order valence-electron chi connectivity index (χ3n) is 2.70. The van der Waals surface area contributed by atoms with Gasteiger partial charge < -0.3 is 9.84 Å². The summed E-state index contributed by atoms with van der Waals surface area (Å²) in [5.74, 6) is -2.38. The molecule has 0 bridgehead atoms.